The first-order valence-electron chi connectivity index (χ1n) is 8.21. The van der Waals surface area contributed by atoms with Crippen LogP contribution >= 0.6 is 0 Å². The molecule has 3 aromatic rings. The van der Waals surface area contributed by atoms with Gasteiger partial charge >= 0.3 is 5.97 Å². The molecule has 0 radical (unpaired) electrons. The maximum absolute atomic E-state index is 12.4. The number of fused-ring (bicyclic) bond motifs is 1. The Bertz CT molecular complexity index is 994. The van der Waals surface area contributed by atoms with E-state index >= 15 is 0 Å². The number of hydrogen-bond donors (Lipinski definition) is 3. The molecular formula is C18H16N4O4. The van der Waals surface area contributed by atoms with E-state index in [9.17, 15) is 14.7 Å². The minimum Gasteiger partial charge on any atom is -0.492 e. The molecule has 0 atom stereocenters. The van der Waals surface area contributed by atoms with Gasteiger partial charge in [-0.25, -0.2) is 9.78 Å². The summed E-state index contributed by atoms with van der Waals surface area (Å²) in [6, 6.07) is 6.39. The van der Waals surface area contributed by atoms with Crippen LogP contribution in [0.4, 0.5) is 5.95 Å². The molecule has 2 aromatic heterocycles. The lowest BCUT2D eigenvalue weighted by Gasteiger charge is -2.06. The Morgan fingerprint density at radius 1 is 1.31 bits per heavy atom. The smallest absolute Gasteiger partial charge is 0.337 e. The van der Waals surface area contributed by atoms with Crippen molar-refractivity contribution < 1.29 is 19.4 Å². The molecule has 0 unspecified atom stereocenters. The maximum atomic E-state index is 12.4. The summed E-state index contributed by atoms with van der Waals surface area (Å²) in [5.41, 5.74) is 1.21. The molecule has 1 saturated carbocycles. The summed E-state index contributed by atoms with van der Waals surface area (Å²) in [7, 11) is 0. The van der Waals surface area contributed by atoms with Crippen LogP contribution in [-0.2, 0) is 0 Å². The SMILES string of the molecule is O=C(Nc1nc2c(C(=O)O)cccc2[nH]1)c1cncc(OCC2CC2)c1. The number of nitrogens with zero attached hydrogens (tertiary/aromatic N) is 2. The Morgan fingerprint density at radius 3 is 2.92 bits per heavy atom. The predicted molar refractivity (Wildman–Crippen MR) is 93.5 cm³/mol. The second-order valence-electron chi connectivity index (χ2n) is 6.21. The zero-order valence-corrected chi connectivity index (χ0v) is 13.7. The number of benzene rings is 1. The van der Waals surface area contributed by atoms with Gasteiger partial charge in [0.05, 0.1) is 29.4 Å². The van der Waals surface area contributed by atoms with E-state index in [2.05, 4.69) is 20.3 Å². The number of carboxylic acid groups (broad SMARTS) is 1. The van der Waals surface area contributed by atoms with Crippen LogP contribution in [0.1, 0.15) is 33.6 Å². The fourth-order valence-electron chi connectivity index (χ4n) is 2.56. The normalized spacial score (nSPS) is 13.5. The molecular weight excluding hydrogens is 336 g/mol. The van der Waals surface area contributed by atoms with Crippen LogP contribution in [0.25, 0.3) is 11.0 Å². The lowest BCUT2D eigenvalue weighted by atomic mass is 10.2. The van der Waals surface area contributed by atoms with Crippen LogP contribution in [0.5, 0.6) is 5.75 Å². The fourth-order valence-corrected chi connectivity index (χ4v) is 2.56. The lowest BCUT2D eigenvalue weighted by Crippen LogP contribution is -2.13. The molecule has 1 aliphatic rings. The van der Waals surface area contributed by atoms with Gasteiger partial charge in [-0.15, -0.1) is 0 Å². The fraction of sp³-hybridized carbons (Fsp3) is 0.222. The Labute approximate surface area is 148 Å². The van der Waals surface area contributed by atoms with Crippen molar-refractivity contribution in [2.45, 2.75) is 12.8 Å². The Morgan fingerprint density at radius 2 is 2.15 bits per heavy atom. The van der Waals surface area contributed by atoms with Crippen molar-refractivity contribution in [1.29, 1.82) is 0 Å². The van der Waals surface area contributed by atoms with Crippen LogP contribution in [0.2, 0.25) is 0 Å². The Balaban J connectivity index is 1.52. The minimum absolute atomic E-state index is 0.0661. The number of imidazole rings is 1. The number of carbonyl (C=O) groups is 2. The summed E-state index contributed by atoms with van der Waals surface area (Å²) in [5.74, 6) is -0.174. The number of ether oxygens (including phenoxy) is 1. The Kier molecular flexibility index (Phi) is 4.00. The lowest BCUT2D eigenvalue weighted by molar-refractivity contribution is 0.0698. The van der Waals surface area contributed by atoms with Gasteiger partial charge in [0, 0.05) is 6.20 Å². The third-order valence-electron chi connectivity index (χ3n) is 4.13. The number of hydrogen-bond acceptors (Lipinski definition) is 5. The molecule has 1 fully saturated rings. The zero-order chi connectivity index (χ0) is 18.1. The first kappa shape index (κ1) is 16.1. The van der Waals surface area contributed by atoms with E-state index in [-0.39, 0.29) is 17.0 Å². The highest BCUT2D eigenvalue weighted by Gasteiger charge is 2.22. The number of rotatable bonds is 6. The molecule has 132 valence electrons. The van der Waals surface area contributed by atoms with Crippen molar-refractivity contribution in [2.75, 3.05) is 11.9 Å². The maximum Gasteiger partial charge on any atom is 0.337 e. The second kappa shape index (κ2) is 6.47. The average Bonchev–Trinajstić information content (AvgIpc) is 3.37. The van der Waals surface area contributed by atoms with Crippen molar-refractivity contribution in [3.05, 3.63) is 47.8 Å². The number of pyridine rings is 1. The van der Waals surface area contributed by atoms with Crippen molar-refractivity contribution in [1.82, 2.24) is 15.0 Å². The van der Waals surface area contributed by atoms with Crippen LogP contribution in [0.3, 0.4) is 0 Å². The number of anilines is 1. The van der Waals surface area contributed by atoms with Crippen molar-refractivity contribution in [3.8, 4) is 5.75 Å². The van der Waals surface area contributed by atoms with Gasteiger partial charge in [0.15, 0.2) is 0 Å². The van der Waals surface area contributed by atoms with Gasteiger partial charge in [-0.2, -0.15) is 0 Å². The van der Waals surface area contributed by atoms with Crippen LogP contribution in [0.15, 0.2) is 36.7 Å². The van der Waals surface area contributed by atoms with Gasteiger partial charge in [0.25, 0.3) is 5.91 Å². The highest BCUT2D eigenvalue weighted by atomic mass is 16.5. The third kappa shape index (κ3) is 3.34. The zero-order valence-electron chi connectivity index (χ0n) is 13.7. The molecule has 8 nitrogen and oxygen atoms in total. The van der Waals surface area contributed by atoms with E-state index in [1.807, 2.05) is 0 Å². The highest BCUT2D eigenvalue weighted by molar-refractivity contribution is 6.05. The first-order chi connectivity index (χ1) is 12.6. The number of carboxylic acids is 1. The molecule has 0 saturated heterocycles. The number of para-hydroxylation sites is 1. The van der Waals surface area contributed by atoms with Gasteiger partial charge in [-0.3, -0.25) is 15.1 Å². The molecule has 26 heavy (non-hydrogen) atoms. The molecule has 2 heterocycles. The van der Waals surface area contributed by atoms with Gasteiger partial charge in [-0.05, 0) is 37.0 Å². The van der Waals surface area contributed by atoms with Gasteiger partial charge in [0.1, 0.15) is 11.3 Å². The van der Waals surface area contributed by atoms with Crippen molar-refractivity contribution in [3.63, 3.8) is 0 Å². The quantitative estimate of drug-likeness (QED) is 0.628. The number of aromatic nitrogens is 3. The Hall–Kier alpha value is -3.42. The minimum atomic E-state index is -1.08. The molecule has 0 spiro atoms. The second-order valence-corrected chi connectivity index (χ2v) is 6.21. The van der Waals surface area contributed by atoms with E-state index in [0.717, 1.165) is 0 Å². The van der Waals surface area contributed by atoms with E-state index in [0.29, 0.717) is 29.4 Å². The number of amides is 1. The molecule has 0 aliphatic heterocycles. The highest BCUT2D eigenvalue weighted by Crippen LogP contribution is 2.29. The molecule has 1 amide bonds. The monoisotopic (exact) mass is 352 g/mol. The van der Waals surface area contributed by atoms with Crippen LogP contribution in [0, 0.1) is 5.92 Å². The molecule has 4 rings (SSSR count). The largest absolute Gasteiger partial charge is 0.492 e. The summed E-state index contributed by atoms with van der Waals surface area (Å²) < 4.78 is 5.63. The summed E-state index contributed by atoms with van der Waals surface area (Å²) in [4.78, 5) is 34.8. The molecule has 0 bridgehead atoms. The van der Waals surface area contributed by atoms with E-state index in [1.54, 1.807) is 24.4 Å². The molecule has 8 heteroatoms. The predicted octanol–water partition coefficient (Wildman–Crippen LogP) is 2.70. The van der Waals surface area contributed by atoms with Crippen LogP contribution in [-0.4, -0.2) is 38.5 Å². The van der Waals surface area contributed by atoms with Crippen molar-refractivity contribution in [2.24, 2.45) is 5.92 Å². The van der Waals surface area contributed by atoms with E-state index in [4.69, 9.17) is 4.74 Å². The van der Waals surface area contributed by atoms with Crippen LogP contribution < -0.4 is 10.1 Å². The summed E-state index contributed by atoms with van der Waals surface area (Å²) in [6.45, 7) is 0.633. The average molecular weight is 352 g/mol. The molecule has 1 aliphatic carbocycles. The summed E-state index contributed by atoms with van der Waals surface area (Å²) >= 11 is 0. The summed E-state index contributed by atoms with van der Waals surface area (Å²) in [5, 5.41) is 11.8. The van der Waals surface area contributed by atoms with Gasteiger partial charge in [0.2, 0.25) is 5.95 Å². The number of nitrogens with one attached hydrogen (secondary N) is 2. The van der Waals surface area contributed by atoms with Crippen molar-refractivity contribution >= 4 is 28.9 Å². The number of aromatic amines is 1. The summed E-state index contributed by atoms with van der Waals surface area (Å²) in [6.07, 6.45) is 5.36. The number of H-pyrrole nitrogens is 1. The molecule has 1 aromatic carbocycles. The van der Waals surface area contributed by atoms with E-state index in [1.165, 1.54) is 25.1 Å². The first-order valence-corrected chi connectivity index (χ1v) is 8.21. The number of aromatic carboxylic acids is 1. The standard InChI is InChI=1S/C18H16N4O4/c23-16(11-6-12(8-19-7-11)26-9-10-4-5-10)22-18-20-14-3-1-2-13(17(24)25)15(14)21-18/h1-3,6-8,10H,4-5,9H2,(H,24,25)(H2,20,21,22,23). The van der Waals surface area contributed by atoms with Gasteiger partial charge < -0.3 is 14.8 Å². The third-order valence-corrected chi connectivity index (χ3v) is 4.13. The van der Waals surface area contributed by atoms with Gasteiger partial charge in [-0.1, -0.05) is 6.07 Å². The number of carbonyl (C=O) groups excluding carboxylic acids is 1. The molecule has 3 N–H and O–H groups in total. The van der Waals surface area contributed by atoms with E-state index < -0.39 is 11.9 Å². The topological polar surface area (TPSA) is 117 Å².